The number of aromatic nitrogens is 3. The van der Waals surface area contributed by atoms with Crippen molar-refractivity contribution in [3.63, 3.8) is 0 Å². The molecule has 0 spiro atoms. The second-order valence-corrected chi connectivity index (χ2v) is 6.84. The average Bonchev–Trinajstić information content (AvgIpc) is 2.88. The van der Waals surface area contributed by atoms with E-state index in [4.69, 9.17) is 0 Å². The van der Waals surface area contributed by atoms with Gasteiger partial charge in [-0.05, 0) is 25.3 Å². The molecule has 1 aliphatic heterocycles. The van der Waals surface area contributed by atoms with E-state index in [0.29, 0.717) is 11.3 Å². The molecule has 2 aliphatic rings. The lowest BCUT2D eigenvalue weighted by atomic mass is 9.95. The maximum Gasteiger partial charge on any atom is 0.210 e. The molecular weight excluding hydrogens is 268 g/mol. The standard InChI is InChI=1S/C15H18N4S/c1-10-6-2-3-7-11(10)14-16-17-15-19(14)18-12-8-4-5-9-13(12)20-15/h2-3,6-7,12-13,18H,4-5,8-9H2,1H3. The Balaban J connectivity index is 1.75. The molecule has 5 heteroatoms. The molecule has 0 radical (unpaired) electrons. The Morgan fingerprint density at radius 3 is 2.95 bits per heavy atom. The molecule has 2 unspecified atom stereocenters. The zero-order chi connectivity index (χ0) is 13.5. The van der Waals surface area contributed by atoms with E-state index < -0.39 is 0 Å². The van der Waals surface area contributed by atoms with Gasteiger partial charge in [-0.15, -0.1) is 10.2 Å². The van der Waals surface area contributed by atoms with Crippen LogP contribution in [-0.2, 0) is 0 Å². The molecular formula is C15H18N4S. The van der Waals surface area contributed by atoms with Crippen molar-refractivity contribution in [2.24, 2.45) is 0 Å². The minimum atomic E-state index is 0.556. The molecule has 1 saturated carbocycles. The van der Waals surface area contributed by atoms with Crippen LogP contribution in [-0.4, -0.2) is 26.2 Å². The van der Waals surface area contributed by atoms with Gasteiger partial charge in [0.05, 0.1) is 6.04 Å². The molecule has 1 aliphatic carbocycles. The number of nitrogens with zero attached hydrogens (tertiary/aromatic N) is 3. The maximum atomic E-state index is 4.42. The van der Waals surface area contributed by atoms with Gasteiger partial charge in [-0.25, -0.2) is 4.68 Å². The van der Waals surface area contributed by atoms with Gasteiger partial charge in [0.1, 0.15) is 0 Å². The summed E-state index contributed by atoms with van der Waals surface area (Å²) in [4.78, 5) is 0. The molecule has 20 heavy (non-hydrogen) atoms. The Hall–Kier alpha value is -1.49. The fourth-order valence-corrected chi connectivity index (χ4v) is 4.40. The molecule has 1 aromatic heterocycles. The Labute approximate surface area is 123 Å². The Morgan fingerprint density at radius 2 is 2.05 bits per heavy atom. The summed E-state index contributed by atoms with van der Waals surface area (Å²) in [6.45, 7) is 2.12. The number of rotatable bonds is 1. The molecule has 1 N–H and O–H groups in total. The van der Waals surface area contributed by atoms with Gasteiger partial charge >= 0.3 is 0 Å². The van der Waals surface area contributed by atoms with Crippen LogP contribution in [0.4, 0.5) is 0 Å². The van der Waals surface area contributed by atoms with Crippen LogP contribution in [0.25, 0.3) is 11.4 Å². The van der Waals surface area contributed by atoms with Crippen molar-refractivity contribution in [1.82, 2.24) is 14.9 Å². The van der Waals surface area contributed by atoms with Crippen LogP contribution < -0.4 is 5.43 Å². The maximum absolute atomic E-state index is 4.42. The van der Waals surface area contributed by atoms with E-state index in [2.05, 4.69) is 51.5 Å². The minimum Gasteiger partial charge on any atom is -0.318 e. The first-order valence-electron chi connectivity index (χ1n) is 7.27. The molecule has 4 rings (SSSR count). The van der Waals surface area contributed by atoms with Crippen molar-refractivity contribution >= 4 is 11.8 Å². The van der Waals surface area contributed by atoms with Crippen LogP contribution in [0.3, 0.4) is 0 Å². The summed E-state index contributed by atoms with van der Waals surface area (Å²) in [7, 11) is 0. The number of thioether (sulfide) groups is 1. The number of benzene rings is 1. The Bertz CT molecular complexity index is 637. The fraction of sp³-hybridized carbons (Fsp3) is 0.467. The van der Waals surface area contributed by atoms with Gasteiger partial charge in [0.2, 0.25) is 5.16 Å². The SMILES string of the molecule is Cc1ccccc1-c1nnc2n1NC1CCCCC1S2. The first-order chi connectivity index (χ1) is 9.83. The van der Waals surface area contributed by atoms with E-state index in [0.717, 1.165) is 16.5 Å². The summed E-state index contributed by atoms with van der Waals surface area (Å²) in [6.07, 6.45) is 5.21. The lowest BCUT2D eigenvalue weighted by Gasteiger charge is -2.36. The second kappa shape index (κ2) is 4.81. The third-order valence-corrected chi connectivity index (χ3v) is 5.62. The molecule has 2 heterocycles. The highest BCUT2D eigenvalue weighted by Crippen LogP contribution is 2.38. The summed E-state index contributed by atoms with van der Waals surface area (Å²) in [6, 6.07) is 8.91. The third kappa shape index (κ3) is 1.92. The van der Waals surface area contributed by atoms with Crippen LogP contribution in [0, 0.1) is 6.92 Å². The molecule has 4 nitrogen and oxygen atoms in total. The van der Waals surface area contributed by atoms with E-state index in [-0.39, 0.29) is 0 Å². The predicted octanol–water partition coefficient (Wildman–Crippen LogP) is 3.21. The summed E-state index contributed by atoms with van der Waals surface area (Å²) < 4.78 is 2.10. The largest absolute Gasteiger partial charge is 0.318 e. The first-order valence-corrected chi connectivity index (χ1v) is 8.15. The van der Waals surface area contributed by atoms with Gasteiger partial charge in [0.25, 0.3) is 0 Å². The number of hydrogen-bond donors (Lipinski definition) is 1. The van der Waals surface area contributed by atoms with Crippen LogP contribution in [0.2, 0.25) is 0 Å². The normalized spacial score (nSPS) is 24.6. The average molecular weight is 286 g/mol. The van der Waals surface area contributed by atoms with E-state index in [9.17, 15) is 0 Å². The van der Waals surface area contributed by atoms with Crippen molar-refractivity contribution in [2.45, 2.75) is 49.1 Å². The monoisotopic (exact) mass is 286 g/mol. The number of nitrogens with one attached hydrogen (secondary N) is 1. The molecule has 0 saturated heterocycles. The number of fused-ring (bicyclic) bond motifs is 2. The molecule has 1 fully saturated rings. The molecule has 1 aromatic carbocycles. The highest BCUT2D eigenvalue weighted by atomic mass is 32.2. The second-order valence-electron chi connectivity index (χ2n) is 5.63. The topological polar surface area (TPSA) is 42.7 Å². The van der Waals surface area contributed by atoms with Gasteiger partial charge < -0.3 is 5.43 Å². The van der Waals surface area contributed by atoms with Gasteiger partial charge in [-0.3, -0.25) is 0 Å². The van der Waals surface area contributed by atoms with E-state index in [1.807, 2.05) is 11.8 Å². The lowest BCUT2D eigenvalue weighted by Crippen LogP contribution is -2.43. The summed E-state index contributed by atoms with van der Waals surface area (Å²) >= 11 is 1.89. The van der Waals surface area contributed by atoms with E-state index in [1.54, 1.807) is 0 Å². The molecule has 104 valence electrons. The predicted molar refractivity (Wildman–Crippen MR) is 81.5 cm³/mol. The molecule has 0 amide bonds. The van der Waals surface area contributed by atoms with Crippen LogP contribution >= 0.6 is 11.8 Å². The van der Waals surface area contributed by atoms with Gasteiger partial charge in [-0.2, -0.15) is 0 Å². The van der Waals surface area contributed by atoms with E-state index >= 15 is 0 Å². The number of aryl methyl sites for hydroxylation is 1. The van der Waals surface area contributed by atoms with Crippen molar-refractivity contribution in [3.8, 4) is 11.4 Å². The Kier molecular flexibility index (Phi) is 2.95. The quantitative estimate of drug-likeness (QED) is 0.874. The van der Waals surface area contributed by atoms with E-state index in [1.165, 1.54) is 31.2 Å². The number of hydrogen-bond acceptors (Lipinski definition) is 4. The van der Waals surface area contributed by atoms with Gasteiger partial charge in [0.15, 0.2) is 5.82 Å². The summed E-state index contributed by atoms with van der Waals surface area (Å²) in [5.74, 6) is 0.939. The van der Waals surface area contributed by atoms with Crippen molar-refractivity contribution in [1.29, 1.82) is 0 Å². The highest BCUT2D eigenvalue weighted by molar-refractivity contribution is 7.99. The fourth-order valence-electron chi connectivity index (χ4n) is 3.15. The van der Waals surface area contributed by atoms with Crippen molar-refractivity contribution < 1.29 is 0 Å². The third-order valence-electron chi connectivity index (χ3n) is 4.27. The summed E-state index contributed by atoms with van der Waals surface area (Å²) in [5.41, 5.74) is 6.04. The van der Waals surface area contributed by atoms with Crippen LogP contribution in [0.15, 0.2) is 29.4 Å². The van der Waals surface area contributed by atoms with Crippen molar-refractivity contribution in [3.05, 3.63) is 29.8 Å². The minimum absolute atomic E-state index is 0.556. The lowest BCUT2D eigenvalue weighted by molar-refractivity contribution is 0.432. The zero-order valence-electron chi connectivity index (χ0n) is 11.5. The molecule has 2 aromatic rings. The first kappa shape index (κ1) is 12.3. The molecule has 0 bridgehead atoms. The van der Waals surface area contributed by atoms with Crippen molar-refractivity contribution in [2.75, 3.05) is 5.43 Å². The van der Waals surface area contributed by atoms with Crippen LogP contribution in [0.1, 0.15) is 31.2 Å². The van der Waals surface area contributed by atoms with Gasteiger partial charge in [0, 0.05) is 10.8 Å². The zero-order valence-corrected chi connectivity index (χ0v) is 12.4. The smallest absolute Gasteiger partial charge is 0.210 e. The molecule has 2 atom stereocenters. The van der Waals surface area contributed by atoms with Crippen LogP contribution in [0.5, 0.6) is 0 Å². The highest BCUT2D eigenvalue weighted by Gasteiger charge is 2.33. The summed E-state index contributed by atoms with van der Waals surface area (Å²) in [5, 5.41) is 10.5. The van der Waals surface area contributed by atoms with Gasteiger partial charge in [-0.1, -0.05) is 48.9 Å². The Morgan fingerprint density at radius 1 is 1.20 bits per heavy atom.